The Morgan fingerprint density at radius 3 is 2.50 bits per heavy atom. The highest BCUT2D eigenvalue weighted by Gasteiger charge is 2.44. The van der Waals surface area contributed by atoms with E-state index in [1.54, 1.807) is 12.1 Å². The van der Waals surface area contributed by atoms with Crippen molar-refractivity contribution in [3.63, 3.8) is 0 Å². The Balaban J connectivity index is 2.14. The first-order chi connectivity index (χ1) is 6.65. The first-order valence-electron chi connectivity index (χ1n) is 4.49. The third kappa shape index (κ3) is 1.97. The molecule has 0 aromatic heterocycles. The lowest BCUT2D eigenvalue weighted by molar-refractivity contribution is 0.187. The lowest BCUT2D eigenvalue weighted by Gasteiger charge is -2.15. The highest BCUT2D eigenvalue weighted by Crippen LogP contribution is 2.40. The minimum absolute atomic E-state index is 0.142. The third-order valence-corrected chi connectivity index (χ3v) is 3.14. The Morgan fingerprint density at radius 1 is 1.29 bits per heavy atom. The maximum atomic E-state index is 5.86. The van der Waals surface area contributed by atoms with Gasteiger partial charge in [-0.3, -0.25) is 0 Å². The van der Waals surface area contributed by atoms with Gasteiger partial charge in [-0.15, -0.1) is 0 Å². The molecule has 1 aromatic rings. The summed E-state index contributed by atoms with van der Waals surface area (Å²) in [5, 5.41) is 1.05. The average Bonchev–Trinajstić information content (AvgIpc) is 2.93. The van der Waals surface area contributed by atoms with Crippen molar-refractivity contribution >= 4 is 23.2 Å². The summed E-state index contributed by atoms with van der Waals surface area (Å²) in [6.07, 6.45) is 2.04. The van der Waals surface area contributed by atoms with E-state index in [0.717, 1.165) is 18.6 Å². The number of benzene rings is 1. The fraction of sp³-hybridized carbons (Fsp3) is 0.400. The molecule has 0 bridgehead atoms. The zero-order valence-corrected chi connectivity index (χ0v) is 9.11. The summed E-state index contributed by atoms with van der Waals surface area (Å²) in [6, 6.07) is 5.26. The number of hydrogen-bond acceptors (Lipinski definition) is 2. The highest BCUT2D eigenvalue weighted by atomic mass is 35.5. The van der Waals surface area contributed by atoms with Gasteiger partial charge in [-0.1, -0.05) is 23.2 Å². The lowest BCUT2D eigenvalue weighted by Crippen LogP contribution is -2.28. The molecule has 1 fully saturated rings. The summed E-state index contributed by atoms with van der Waals surface area (Å²) >= 11 is 11.7. The Morgan fingerprint density at radius 2 is 2.00 bits per heavy atom. The number of rotatable bonds is 3. The molecular formula is C10H11Cl2NO. The molecule has 0 aliphatic heterocycles. The van der Waals surface area contributed by atoms with E-state index < -0.39 is 0 Å². The maximum absolute atomic E-state index is 5.86. The van der Waals surface area contributed by atoms with Crippen molar-refractivity contribution in [2.24, 2.45) is 5.73 Å². The molecule has 4 heteroatoms. The monoisotopic (exact) mass is 231 g/mol. The van der Waals surface area contributed by atoms with Crippen molar-refractivity contribution in [2.45, 2.75) is 18.4 Å². The van der Waals surface area contributed by atoms with Crippen molar-refractivity contribution in [3.05, 3.63) is 28.2 Å². The zero-order valence-electron chi connectivity index (χ0n) is 7.59. The molecule has 0 atom stereocenters. The first-order valence-corrected chi connectivity index (χ1v) is 5.25. The van der Waals surface area contributed by atoms with Crippen LogP contribution in [0.4, 0.5) is 0 Å². The van der Waals surface area contributed by atoms with E-state index in [4.69, 9.17) is 33.7 Å². The van der Waals surface area contributed by atoms with E-state index >= 15 is 0 Å². The van der Waals surface area contributed by atoms with Gasteiger partial charge in [0.2, 0.25) is 0 Å². The van der Waals surface area contributed by atoms with Crippen LogP contribution >= 0.6 is 23.2 Å². The molecule has 0 heterocycles. The molecule has 1 saturated carbocycles. The van der Waals surface area contributed by atoms with Crippen molar-refractivity contribution in [1.29, 1.82) is 0 Å². The normalized spacial score (nSPS) is 17.9. The van der Waals surface area contributed by atoms with E-state index in [2.05, 4.69) is 0 Å². The van der Waals surface area contributed by atoms with Crippen LogP contribution in [0.15, 0.2) is 18.2 Å². The van der Waals surface area contributed by atoms with Gasteiger partial charge in [0.1, 0.15) is 11.4 Å². The van der Waals surface area contributed by atoms with Gasteiger partial charge in [-0.2, -0.15) is 0 Å². The number of hydrogen-bond donors (Lipinski definition) is 1. The summed E-state index contributed by atoms with van der Waals surface area (Å²) in [6.45, 7) is 0.549. The molecule has 0 radical (unpaired) electrons. The van der Waals surface area contributed by atoms with Crippen LogP contribution in [0, 0.1) is 0 Å². The summed E-state index contributed by atoms with van der Waals surface area (Å²) in [7, 11) is 0. The van der Waals surface area contributed by atoms with Crippen LogP contribution < -0.4 is 10.5 Å². The highest BCUT2D eigenvalue weighted by molar-refractivity contribution is 6.42. The molecule has 1 aliphatic carbocycles. The van der Waals surface area contributed by atoms with E-state index in [1.807, 2.05) is 6.07 Å². The minimum atomic E-state index is -0.142. The minimum Gasteiger partial charge on any atom is -0.486 e. The summed E-state index contributed by atoms with van der Waals surface area (Å²) < 4.78 is 5.73. The van der Waals surface area contributed by atoms with Crippen molar-refractivity contribution in [3.8, 4) is 5.75 Å². The molecule has 0 spiro atoms. The topological polar surface area (TPSA) is 35.2 Å². The molecule has 1 aliphatic rings. The van der Waals surface area contributed by atoms with Crippen molar-refractivity contribution < 1.29 is 4.74 Å². The van der Waals surface area contributed by atoms with Gasteiger partial charge in [-0.05, 0) is 25.0 Å². The predicted molar refractivity (Wildman–Crippen MR) is 58.1 cm³/mol. The van der Waals surface area contributed by atoms with Crippen LogP contribution in [-0.4, -0.2) is 12.1 Å². The fourth-order valence-electron chi connectivity index (χ4n) is 1.28. The largest absolute Gasteiger partial charge is 0.486 e. The predicted octanol–water partition coefficient (Wildman–Crippen LogP) is 2.86. The van der Waals surface area contributed by atoms with Crippen molar-refractivity contribution in [2.75, 3.05) is 6.54 Å². The van der Waals surface area contributed by atoms with E-state index in [0.29, 0.717) is 16.6 Å². The number of halogens is 2. The zero-order chi connectivity index (χ0) is 10.2. The molecule has 2 nitrogen and oxygen atoms in total. The van der Waals surface area contributed by atoms with Crippen LogP contribution in [0.2, 0.25) is 10.0 Å². The molecular weight excluding hydrogens is 221 g/mol. The Labute approximate surface area is 92.9 Å². The van der Waals surface area contributed by atoms with Crippen LogP contribution in [0.5, 0.6) is 5.75 Å². The lowest BCUT2D eigenvalue weighted by atomic mass is 10.3. The number of nitrogens with two attached hydrogens (primary N) is 1. The van der Waals surface area contributed by atoms with Crippen LogP contribution in [0.1, 0.15) is 12.8 Å². The maximum Gasteiger partial charge on any atom is 0.121 e. The van der Waals surface area contributed by atoms with Crippen LogP contribution in [0.3, 0.4) is 0 Å². The van der Waals surface area contributed by atoms with Gasteiger partial charge in [0, 0.05) is 12.6 Å². The molecule has 2 N–H and O–H groups in total. The summed E-state index contributed by atoms with van der Waals surface area (Å²) in [5.41, 5.74) is 5.46. The molecule has 0 unspecified atom stereocenters. The Kier molecular flexibility index (Phi) is 2.60. The van der Waals surface area contributed by atoms with Crippen LogP contribution in [0.25, 0.3) is 0 Å². The van der Waals surface area contributed by atoms with E-state index in [1.165, 1.54) is 0 Å². The second-order valence-corrected chi connectivity index (χ2v) is 4.38. The van der Waals surface area contributed by atoms with Crippen LogP contribution in [-0.2, 0) is 0 Å². The van der Waals surface area contributed by atoms with E-state index in [9.17, 15) is 0 Å². The fourth-order valence-corrected chi connectivity index (χ4v) is 1.57. The van der Waals surface area contributed by atoms with Gasteiger partial charge >= 0.3 is 0 Å². The van der Waals surface area contributed by atoms with Crippen molar-refractivity contribution in [1.82, 2.24) is 0 Å². The van der Waals surface area contributed by atoms with Gasteiger partial charge in [-0.25, -0.2) is 0 Å². The quantitative estimate of drug-likeness (QED) is 0.869. The molecule has 1 aromatic carbocycles. The standard InChI is InChI=1S/C10H11Cl2NO/c11-8-2-1-7(5-9(8)12)14-10(6-13)3-4-10/h1-2,5H,3-4,6,13H2. The molecule has 76 valence electrons. The van der Waals surface area contributed by atoms with E-state index in [-0.39, 0.29) is 5.60 Å². The van der Waals surface area contributed by atoms with Gasteiger partial charge in [0.15, 0.2) is 0 Å². The molecule has 0 amide bonds. The summed E-state index contributed by atoms with van der Waals surface area (Å²) in [5.74, 6) is 0.738. The van der Waals surface area contributed by atoms with Gasteiger partial charge < -0.3 is 10.5 Å². The second kappa shape index (κ2) is 3.61. The third-order valence-electron chi connectivity index (χ3n) is 2.41. The smallest absolute Gasteiger partial charge is 0.121 e. The Bertz CT molecular complexity index is 350. The Hall–Kier alpha value is -0.440. The first kappa shape index (κ1) is 10.1. The molecule has 0 saturated heterocycles. The SMILES string of the molecule is NCC1(Oc2ccc(Cl)c(Cl)c2)CC1. The number of ether oxygens (including phenoxy) is 1. The molecule has 14 heavy (non-hydrogen) atoms. The molecule has 2 rings (SSSR count). The second-order valence-electron chi connectivity index (χ2n) is 3.57. The van der Waals surface area contributed by atoms with Gasteiger partial charge in [0.05, 0.1) is 10.0 Å². The summed E-state index contributed by atoms with van der Waals surface area (Å²) in [4.78, 5) is 0. The average molecular weight is 232 g/mol. The van der Waals surface area contributed by atoms with Gasteiger partial charge in [0.25, 0.3) is 0 Å².